The summed E-state index contributed by atoms with van der Waals surface area (Å²) >= 11 is 0. The highest BCUT2D eigenvalue weighted by atomic mass is 32.2. The van der Waals surface area contributed by atoms with Crippen molar-refractivity contribution < 1.29 is 27.9 Å². The maximum atomic E-state index is 12.4. The molecule has 138 valence electrons. The molecule has 8 heteroatoms. The van der Waals surface area contributed by atoms with Crippen LogP contribution < -0.4 is 4.72 Å². The fraction of sp³-hybridized carbons (Fsp3) is 0.222. The second-order valence-corrected chi connectivity index (χ2v) is 7.63. The Balaban J connectivity index is 2.08. The van der Waals surface area contributed by atoms with Crippen molar-refractivity contribution in [3.63, 3.8) is 0 Å². The number of anilines is 1. The largest absolute Gasteiger partial charge is 0.507 e. The number of nitrogens with one attached hydrogen (secondary N) is 1. The fourth-order valence-corrected chi connectivity index (χ4v) is 2.81. The molecule has 2 rings (SSSR count). The van der Waals surface area contributed by atoms with Crippen molar-refractivity contribution in [2.75, 3.05) is 11.0 Å². The highest BCUT2D eigenvalue weighted by molar-refractivity contribution is 7.92. The van der Waals surface area contributed by atoms with E-state index in [1.807, 2.05) is 0 Å². The van der Waals surface area contributed by atoms with Gasteiger partial charge in [-0.1, -0.05) is 6.07 Å². The number of benzene rings is 2. The number of sulfonamides is 1. The number of carbonyl (C=O) groups is 2. The minimum Gasteiger partial charge on any atom is -0.507 e. The van der Waals surface area contributed by atoms with Crippen LogP contribution in [0.4, 0.5) is 5.69 Å². The normalized spacial score (nSPS) is 12.3. The first kappa shape index (κ1) is 19.5. The number of aromatic hydroxyl groups is 1. The van der Waals surface area contributed by atoms with Gasteiger partial charge in [-0.2, -0.15) is 0 Å². The molecule has 0 aliphatic carbocycles. The maximum Gasteiger partial charge on any atom is 0.342 e. The Kier molecular flexibility index (Phi) is 5.66. The summed E-state index contributed by atoms with van der Waals surface area (Å²) in [6.07, 6.45) is -0.0504. The summed E-state index contributed by atoms with van der Waals surface area (Å²) in [5, 5.41) is 9.81. The average molecular weight is 377 g/mol. The maximum absolute atomic E-state index is 12.4. The molecule has 0 aliphatic rings. The lowest BCUT2D eigenvalue weighted by Gasteiger charge is -2.13. The van der Waals surface area contributed by atoms with Crippen molar-refractivity contribution >= 4 is 27.5 Å². The van der Waals surface area contributed by atoms with Crippen LogP contribution in [0.3, 0.4) is 0 Å². The summed E-state index contributed by atoms with van der Waals surface area (Å²) in [7, 11) is -3.41. The number of Topliss-reactive ketones (excluding diaryl/α,β-unsaturated/α-hetero) is 1. The molecule has 0 saturated heterocycles. The van der Waals surface area contributed by atoms with Crippen molar-refractivity contribution in [1.82, 2.24) is 0 Å². The summed E-state index contributed by atoms with van der Waals surface area (Å²) in [4.78, 5) is 24.5. The first-order valence-electron chi connectivity index (χ1n) is 7.69. The Bertz CT molecular complexity index is 935. The first-order chi connectivity index (χ1) is 12.1. The van der Waals surface area contributed by atoms with E-state index in [4.69, 9.17) is 4.74 Å². The third-order valence-electron chi connectivity index (χ3n) is 3.50. The van der Waals surface area contributed by atoms with Gasteiger partial charge in [-0.05, 0) is 55.8 Å². The number of rotatable bonds is 6. The Morgan fingerprint density at radius 3 is 2.27 bits per heavy atom. The second kappa shape index (κ2) is 7.57. The van der Waals surface area contributed by atoms with E-state index in [0.29, 0.717) is 5.69 Å². The van der Waals surface area contributed by atoms with Gasteiger partial charge in [-0.15, -0.1) is 0 Å². The van der Waals surface area contributed by atoms with E-state index in [1.165, 1.54) is 43.3 Å². The number of hydrogen-bond acceptors (Lipinski definition) is 6. The van der Waals surface area contributed by atoms with Crippen molar-refractivity contribution in [3.8, 4) is 5.75 Å². The van der Waals surface area contributed by atoms with Crippen LogP contribution >= 0.6 is 0 Å². The van der Waals surface area contributed by atoms with Gasteiger partial charge in [0.05, 0.1) is 6.26 Å². The highest BCUT2D eigenvalue weighted by Crippen LogP contribution is 2.21. The van der Waals surface area contributed by atoms with E-state index in [2.05, 4.69) is 4.72 Å². The Hall–Kier alpha value is -2.87. The SMILES string of the molecule is Cc1ccc(C(=O)O[C@@H](C)C(=O)c2ccc(NS(C)(=O)=O)cc2)c(O)c1. The molecule has 26 heavy (non-hydrogen) atoms. The van der Waals surface area contributed by atoms with Crippen LogP contribution in [-0.4, -0.2) is 37.6 Å². The van der Waals surface area contributed by atoms with Crippen LogP contribution in [0.15, 0.2) is 42.5 Å². The fourth-order valence-electron chi connectivity index (χ4n) is 2.24. The highest BCUT2D eigenvalue weighted by Gasteiger charge is 2.22. The van der Waals surface area contributed by atoms with Crippen LogP contribution in [0, 0.1) is 6.92 Å². The number of hydrogen-bond donors (Lipinski definition) is 2. The van der Waals surface area contributed by atoms with Gasteiger partial charge in [0.1, 0.15) is 11.3 Å². The Morgan fingerprint density at radius 2 is 1.73 bits per heavy atom. The molecule has 0 aliphatic heterocycles. The number of phenolic OH excluding ortho intramolecular Hbond substituents is 1. The van der Waals surface area contributed by atoms with Gasteiger partial charge in [-0.25, -0.2) is 13.2 Å². The van der Waals surface area contributed by atoms with E-state index >= 15 is 0 Å². The van der Waals surface area contributed by atoms with E-state index in [1.54, 1.807) is 13.0 Å². The zero-order valence-corrected chi connectivity index (χ0v) is 15.3. The van der Waals surface area contributed by atoms with Crippen LogP contribution in [0.25, 0.3) is 0 Å². The van der Waals surface area contributed by atoms with Gasteiger partial charge in [0.25, 0.3) is 0 Å². The van der Waals surface area contributed by atoms with E-state index in [-0.39, 0.29) is 16.9 Å². The Labute approximate surface area is 151 Å². The molecule has 2 N–H and O–H groups in total. The lowest BCUT2D eigenvalue weighted by Crippen LogP contribution is -2.24. The topological polar surface area (TPSA) is 110 Å². The molecule has 0 aromatic heterocycles. The molecule has 0 fully saturated rings. The zero-order chi connectivity index (χ0) is 19.5. The van der Waals surface area contributed by atoms with Gasteiger partial charge in [0.15, 0.2) is 6.10 Å². The number of aryl methyl sites for hydroxylation is 1. The predicted octanol–water partition coefficient (Wildman–Crippen LogP) is 2.50. The van der Waals surface area contributed by atoms with E-state index in [9.17, 15) is 23.1 Å². The minimum atomic E-state index is -3.41. The standard InChI is InChI=1S/C18H19NO6S/c1-11-4-9-15(16(20)10-11)18(22)25-12(2)17(21)13-5-7-14(8-6-13)19-26(3,23)24/h4-10,12,19-20H,1-3H3/t12-/m0/s1. The lowest BCUT2D eigenvalue weighted by molar-refractivity contribution is 0.0316. The van der Waals surface area contributed by atoms with Crippen molar-refractivity contribution in [3.05, 3.63) is 59.2 Å². The van der Waals surface area contributed by atoms with Gasteiger partial charge >= 0.3 is 5.97 Å². The van der Waals surface area contributed by atoms with Gasteiger partial charge in [0.2, 0.25) is 15.8 Å². The number of esters is 1. The molecular formula is C18H19NO6S. The van der Waals surface area contributed by atoms with Gasteiger partial charge in [-0.3, -0.25) is 9.52 Å². The summed E-state index contributed by atoms with van der Waals surface area (Å²) in [5.74, 6) is -1.47. The molecule has 0 radical (unpaired) electrons. The quantitative estimate of drug-likeness (QED) is 0.591. The molecule has 7 nitrogen and oxygen atoms in total. The molecule has 0 amide bonds. The third-order valence-corrected chi connectivity index (χ3v) is 4.11. The van der Waals surface area contributed by atoms with Crippen molar-refractivity contribution in [1.29, 1.82) is 0 Å². The monoisotopic (exact) mass is 377 g/mol. The first-order valence-corrected chi connectivity index (χ1v) is 9.58. The average Bonchev–Trinajstić information content (AvgIpc) is 2.53. The summed E-state index contributed by atoms with van der Waals surface area (Å²) < 4.78 is 29.8. The minimum absolute atomic E-state index is 0.0250. The molecule has 0 bridgehead atoms. The summed E-state index contributed by atoms with van der Waals surface area (Å²) in [6.45, 7) is 3.19. The molecule has 0 heterocycles. The number of carbonyl (C=O) groups excluding carboxylic acids is 2. The summed E-state index contributed by atoms with van der Waals surface area (Å²) in [5.41, 5.74) is 1.34. The predicted molar refractivity (Wildman–Crippen MR) is 97.0 cm³/mol. The van der Waals surface area contributed by atoms with E-state index in [0.717, 1.165) is 11.8 Å². The van der Waals surface area contributed by atoms with Crippen LogP contribution in [0.2, 0.25) is 0 Å². The number of ketones is 1. The Morgan fingerprint density at radius 1 is 1.12 bits per heavy atom. The zero-order valence-electron chi connectivity index (χ0n) is 14.5. The lowest BCUT2D eigenvalue weighted by atomic mass is 10.1. The van der Waals surface area contributed by atoms with Crippen molar-refractivity contribution in [2.24, 2.45) is 0 Å². The molecule has 1 atom stereocenters. The second-order valence-electron chi connectivity index (χ2n) is 5.88. The van der Waals surface area contributed by atoms with Crippen LogP contribution in [0.5, 0.6) is 5.75 Å². The van der Waals surface area contributed by atoms with Gasteiger partial charge in [0, 0.05) is 11.3 Å². The molecule has 2 aromatic carbocycles. The molecule has 0 unspecified atom stereocenters. The van der Waals surface area contributed by atoms with Crippen molar-refractivity contribution in [2.45, 2.75) is 20.0 Å². The molecular weight excluding hydrogens is 358 g/mol. The number of phenols is 1. The number of ether oxygens (including phenoxy) is 1. The van der Waals surface area contributed by atoms with Crippen LogP contribution in [0.1, 0.15) is 33.2 Å². The van der Waals surface area contributed by atoms with E-state index < -0.39 is 27.9 Å². The smallest absolute Gasteiger partial charge is 0.342 e. The molecule has 0 saturated carbocycles. The molecule has 2 aromatic rings. The third kappa shape index (κ3) is 5.06. The summed E-state index contributed by atoms with van der Waals surface area (Å²) in [6, 6.07) is 10.2. The van der Waals surface area contributed by atoms with Gasteiger partial charge < -0.3 is 9.84 Å². The molecule has 0 spiro atoms. The van der Waals surface area contributed by atoms with Crippen LogP contribution in [-0.2, 0) is 14.8 Å².